The van der Waals surface area contributed by atoms with Gasteiger partial charge in [-0.1, -0.05) is 36.4 Å². The summed E-state index contributed by atoms with van der Waals surface area (Å²) in [5.74, 6) is 1.30. The zero-order valence-corrected chi connectivity index (χ0v) is 12.0. The lowest BCUT2D eigenvalue weighted by Gasteiger charge is -2.12. The molecule has 2 aromatic rings. The molecule has 0 heterocycles. The van der Waals surface area contributed by atoms with Crippen molar-refractivity contribution in [3.05, 3.63) is 59.7 Å². The molecule has 0 aliphatic carbocycles. The molecule has 100 valence electrons. The summed E-state index contributed by atoms with van der Waals surface area (Å²) >= 11 is 11.7. The lowest BCUT2D eigenvalue weighted by Crippen LogP contribution is -1.98. The quantitative estimate of drug-likeness (QED) is 0.741. The molecule has 0 aromatic heterocycles. The second-order valence-electron chi connectivity index (χ2n) is 3.99. The molecule has 0 fully saturated rings. The highest BCUT2D eigenvalue weighted by molar-refractivity contribution is 6.44. The zero-order valence-electron chi connectivity index (χ0n) is 10.5. The second kappa shape index (κ2) is 6.69. The van der Waals surface area contributed by atoms with Crippen molar-refractivity contribution in [1.29, 1.82) is 0 Å². The molecule has 19 heavy (non-hydrogen) atoms. The van der Waals surface area contributed by atoms with Gasteiger partial charge in [-0.3, -0.25) is 0 Å². The first-order valence-corrected chi connectivity index (χ1v) is 6.71. The minimum absolute atomic E-state index is 0.488. The Hall–Kier alpha value is -1.38. The summed E-state index contributed by atoms with van der Waals surface area (Å²) in [6.45, 7) is 0.488. The normalized spacial score (nSPS) is 10.5. The molecule has 0 N–H and O–H groups in total. The van der Waals surface area contributed by atoms with Gasteiger partial charge in [0.1, 0.15) is 11.4 Å². The number of methoxy groups -OCH3 is 1. The van der Waals surface area contributed by atoms with Gasteiger partial charge in [0.15, 0.2) is 11.5 Å². The summed E-state index contributed by atoms with van der Waals surface area (Å²) in [7, 11) is 1.59. The van der Waals surface area contributed by atoms with Crippen molar-refractivity contribution in [3.8, 4) is 11.5 Å². The van der Waals surface area contributed by atoms with E-state index in [1.165, 1.54) is 0 Å². The van der Waals surface area contributed by atoms with Crippen LogP contribution in [0.4, 0.5) is 0 Å². The predicted molar refractivity (Wildman–Crippen MR) is 78.2 cm³/mol. The fourth-order valence-electron chi connectivity index (χ4n) is 1.67. The Bertz CT molecular complexity index is 527. The van der Waals surface area contributed by atoms with E-state index in [9.17, 15) is 0 Å². The minimum atomic E-state index is -0.572. The van der Waals surface area contributed by atoms with Crippen LogP contribution in [0.2, 0.25) is 0 Å². The predicted octanol–water partition coefficient (Wildman–Crippen LogP) is 4.75. The van der Waals surface area contributed by atoms with Crippen molar-refractivity contribution in [2.75, 3.05) is 7.11 Å². The molecule has 0 radical (unpaired) electrons. The molecule has 0 aliphatic rings. The third-order valence-corrected chi connectivity index (χ3v) is 3.18. The van der Waals surface area contributed by atoms with Crippen molar-refractivity contribution in [1.82, 2.24) is 0 Å². The Balaban J connectivity index is 2.12. The molecule has 4 heteroatoms. The maximum atomic E-state index is 5.83. The van der Waals surface area contributed by atoms with Gasteiger partial charge in [-0.05, 0) is 23.3 Å². The van der Waals surface area contributed by atoms with E-state index in [4.69, 9.17) is 32.7 Å². The Labute approximate surface area is 122 Å². The summed E-state index contributed by atoms with van der Waals surface area (Å²) in [5.41, 5.74) is 1.88. The van der Waals surface area contributed by atoms with Gasteiger partial charge in [-0.2, -0.15) is 0 Å². The minimum Gasteiger partial charge on any atom is -0.493 e. The molecule has 0 atom stereocenters. The van der Waals surface area contributed by atoms with Gasteiger partial charge in [-0.25, -0.2) is 0 Å². The van der Waals surface area contributed by atoms with Crippen molar-refractivity contribution < 1.29 is 9.47 Å². The van der Waals surface area contributed by atoms with Gasteiger partial charge in [0.25, 0.3) is 0 Å². The Morgan fingerprint density at radius 1 is 1.00 bits per heavy atom. The van der Waals surface area contributed by atoms with Crippen molar-refractivity contribution >= 4 is 23.2 Å². The first-order chi connectivity index (χ1) is 9.20. The van der Waals surface area contributed by atoms with E-state index < -0.39 is 4.84 Å². The van der Waals surface area contributed by atoms with Crippen LogP contribution in [-0.4, -0.2) is 7.11 Å². The van der Waals surface area contributed by atoms with Gasteiger partial charge in [-0.15, -0.1) is 23.2 Å². The molecule has 0 unspecified atom stereocenters. The average molecular weight is 297 g/mol. The number of alkyl halides is 2. The third kappa shape index (κ3) is 3.79. The molecule has 0 saturated heterocycles. The number of ether oxygens (including phenoxy) is 2. The third-order valence-electron chi connectivity index (χ3n) is 2.68. The maximum absolute atomic E-state index is 5.83. The van der Waals surface area contributed by atoms with E-state index in [1.807, 2.05) is 42.5 Å². The monoisotopic (exact) mass is 296 g/mol. The van der Waals surface area contributed by atoms with Crippen LogP contribution in [0.25, 0.3) is 0 Å². The van der Waals surface area contributed by atoms with Crippen LogP contribution in [-0.2, 0) is 6.61 Å². The van der Waals surface area contributed by atoms with Crippen LogP contribution in [0, 0.1) is 0 Å². The highest BCUT2D eigenvalue weighted by atomic mass is 35.5. The van der Waals surface area contributed by atoms with E-state index in [0.29, 0.717) is 18.1 Å². The fraction of sp³-hybridized carbons (Fsp3) is 0.200. The number of benzene rings is 2. The van der Waals surface area contributed by atoms with E-state index >= 15 is 0 Å². The Morgan fingerprint density at radius 2 is 1.74 bits per heavy atom. The molecule has 0 bridgehead atoms. The molecule has 0 amide bonds. The summed E-state index contributed by atoms with van der Waals surface area (Å²) in [5, 5.41) is 0. The first kappa shape index (κ1) is 14.0. The molecule has 0 spiro atoms. The fourth-order valence-corrected chi connectivity index (χ4v) is 1.95. The zero-order chi connectivity index (χ0) is 13.7. The number of rotatable bonds is 5. The molecule has 2 aromatic carbocycles. The molecule has 0 aliphatic heterocycles. The summed E-state index contributed by atoms with van der Waals surface area (Å²) in [6.07, 6.45) is 0. The van der Waals surface area contributed by atoms with Crippen LogP contribution in [0.15, 0.2) is 48.5 Å². The van der Waals surface area contributed by atoms with Crippen molar-refractivity contribution in [3.63, 3.8) is 0 Å². The van der Waals surface area contributed by atoms with Crippen molar-refractivity contribution in [2.45, 2.75) is 11.4 Å². The van der Waals surface area contributed by atoms with Gasteiger partial charge >= 0.3 is 0 Å². The first-order valence-electron chi connectivity index (χ1n) is 5.83. The summed E-state index contributed by atoms with van der Waals surface area (Å²) in [6, 6.07) is 15.4. The number of halogens is 2. The van der Waals surface area contributed by atoms with Crippen LogP contribution in [0.1, 0.15) is 16.0 Å². The molecule has 0 saturated carbocycles. The smallest absolute Gasteiger partial charge is 0.161 e. The van der Waals surface area contributed by atoms with Gasteiger partial charge < -0.3 is 9.47 Å². The van der Waals surface area contributed by atoms with E-state index in [2.05, 4.69) is 0 Å². The summed E-state index contributed by atoms with van der Waals surface area (Å²) in [4.78, 5) is -0.572. The number of hydrogen-bond acceptors (Lipinski definition) is 2. The van der Waals surface area contributed by atoms with E-state index in [0.717, 1.165) is 11.1 Å². The Kier molecular flexibility index (Phi) is 4.94. The lowest BCUT2D eigenvalue weighted by molar-refractivity contribution is 0.284. The summed E-state index contributed by atoms with van der Waals surface area (Å²) < 4.78 is 11.0. The highest BCUT2D eigenvalue weighted by Crippen LogP contribution is 2.34. The van der Waals surface area contributed by atoms with Crippen LogP contribution in [0.5, 0.6) is 11.5 Å². The topological polar surface area (TPSA) is 18.5 Å². The van der Waals surface area contributed by atoms with Crippen LogP contribution in [0.3, 0.4) is 0 Å². The lowest BCUT2D eigenvalue weighted by atomic mass is 10.2. The molecular formula is C15H14Cl2O2. The second-order valence-corrected chi connectivity index (χ2v) is 5.08. The maximum Gasteiger partial charge on any atom is 0.161 e. The Morgan fingerprint density at radius 3 is 2.37 bits per heavy atom. The highest BCUT2D eigenvalue weighted by Gasteiger charge is 2.10. The van der Waals surface area contributed by atoms with Crippen LogP contribution < -0.4 is 9.47 Å². The molecule has 2 nitrogen and oxygen atoms in total. The number of hydrogen-bond donors (Lipinski definition) is 0. The standard InChI is InChI=1S/C15H14Cl2O2/c1-18-14-9-12(15(16)17)7-8-13(14)19-10-11-5-3-2-4-6-11/h2-9,15H,10H2,1H3. The van der Waals surface area contributed by atoms with Crippen molar-refractivity contribution in [2.24, 2.45) is 0 Å². The van der Waals surface area contributed by atoms with Gasteiger partial charge in [0.2, 0.25) is 0 Å². The van der Waals surface area contributed by atoms with Gasteiger partial charge in [0, 0.05) is 0 Å². The van der Waals surface area contributed by atoms with Gasteiger partial charge in [0.05, 0.1) is 7.11 Å². The molecular weight excluding hydrogens is 283 g/mol. The largest absolute Gasteiger partial charge is 0.493 e. The SMILES string of the molecule is COc1cc(C(Cl)Cl)ccc1OCc1ccccc1. The molecule has 2 rings (SSSR count). The van der Waals surface area contributed by atoms with E-state index in [-0.39, 0.29) is 0 Å². The van der Waals surface area contributed by atoms with E-state index in [1.54, 1.807) is 13.2 Å². The van der Waals surface area contributed by atoms with Crippen LogP contribution >= 0.6 is 23.2 Å². The average Bonchev–Trinajstić information content (AvgIpc) is 2.45.